The first-order chi connectivity index (χ1) is 8.19. The molecule has 0 saturated heterocycles. The molecule has 1 amide bonds. The van der Waals surface area contributed by atoms with Crippen LogP contribution in [0.1, 0.15) is 16.1 Å². The fourth-order valence-electron chi connectivity index (χ4n) is 1.42. The Labute approximate surface area is 98.4 Å². The lowest BCUT2D eigenvalue weighted by molar-refractivity contribution is 0.102. The maximum Gasteiger partial charge on any atom is 0.277 e. The molecule has 0 saturated carbocycles. The SMILES string of the molecule is Cn1cc(C(=O)Nc2cccc(CN)c2)nn1. The van der Waals surface area contributed by atoms with Crippen molar-refractivity contribution in [2.75, 3.05) is 5.32 Å². The van der Waals surface area contributed by atoms with Gasteiger partial charge in [-0.15, -0.1) is 5.10 Å². The monoisotopic (exact) mass is 231 g/mol. The van der Waals surface area contributed by atoms with Gasteiger partial charge < -0.3 is 11.1 Å². The van der Waals surface area contributed by atoms with Crippen molar-refractivity contribution in [2.24, 2.45) is 12.8 Å². The van der Waals surface area contributed by atoms with E-state index in [4.69, 9.17) is 5.73 Å². The van der Waals surface area contributed by atoms with Crippen molar-refractivity contribution in [2.45, 2.75) is 6.54 Å². The number of benzene rings is 1. The van der Waals surface area contributed by atoms with Crippen LogP contribution in [0.2, 0.25) is 0 Å². The van der Waals surface area contributed by atoms with Crippen LogP contribution in [0.5, 0.6) is 0 Å². The van der Waals surface area contributed by atoms with Crippen LogP contribution in [0.15, 0.2) is 30.5 Å². The Morgan fingerprint density at radius 2 is 2.35 bits per heavy atom. The zero-order valence-corrected chi connectivity index (χ0v) is 9.42. The molecule has 1 aromatic carbocycles. The summed E-state index contributed by atoms with van der Waals surface area (Å²) in [5.41, 5.74) is 7.47. The third-order valence-electron chi connectivity index (χ3n) is 2.26. The second kappa shape index (κ2) is 4.75. The molecule has 1 aromatic heterocycles. The smallest absolute Gasteiger partial charge is 0.277 e. The summed E-state index contributed by atoms with van der Waals surface area (Å²) < 4.78 is 1.48. The van der Waals surface area contributed by atoms with Gasteiger partial charge in [-0.05, 0) is 17.7 Å². The van der Waals surface area contributed by atoms with Crippen molar-refractivity contribution in [3.05, 3.63) is 41.7 Å². The fraction of sp³-hybridized carbons (Fsp3) is 0.182. The lowest BCUT2D eigenvalue weighted by Gasteiger charge is -2.04. The van der Waals surface area contributed by atoms with E-state index in [1.54, 1.807) is 19.3 Å². The molecule has 17 heavy (non-hydrogen) atoms. The summed E-state index contributed by atoms with van der Waals surface area (Å²) in [6.45, 7) is 0.439. The molecule has 0 radical (unpaired) electrons. The molecule has 0 bridgehead atoms. The highest BCUT2D eigenvalue weighted by molar-refractivity contribution is 6.02. The lowest BCUT2D eigenvalue weighted by Crippen LogP contribution is -2.12. The molecule has 0 spiro atoms. The summed E-state index contributed by atoms with van der Waals surface area (Å²) in [7, 11) is 1.71. The number of hydrogen-bond acceptors (Lipinski definition) is 4. The van der Waals surface area contributed by atoms with Crippen LogP contribution >= 0.6 is 0 Å². The van der Waals surface area contributed by atoms with Crippen molar-refractivity contribution in [1.29, 1.82) is 0 Å². The first-order valence-electron chi connectivity index (χ1n) is 5.15. The number of aryl methyl sites for hydroxylation is 1. The Bertz CT molecular complexity index is 534. The third kappa shape index (κ3) is 2.67. The molecule has 6 heteroatoms. The van der Waals surface area contributed by atoms with E-state index in [1.165, 1.54) is 4.68 Å². The van der Waals surface area contributed by atoms with Gasteiger partial charge in [0.25, 0.3) is 5.91 Å². The summed E-state index contributed by atoms with van der Waals surface area (Å²) in [6, 6.07) is 7.37. The molecule has 0 fully saturated rings. The molecule has 2 rings (SSSR count). The van der Waals surface area contributed by atoms with Gasteiger partial charge in [0, 0.05) is 19.3 Å². The molecule has 3 N–H and O–H groups in total. The van der Waals surface area contributed by atoms with Gasteiger partial charge in [-0.3, -0.25) is 9.48 Å². The quantitative estimate of drug-likeness (QED) is 0.806. The number of aromatic nitrogens is 3. The van der Waals surface area contributed by atoms with Gasteiger partial charge in [-0.2, -0.15) is 0 Å². The van der Waals surface area contributed by atoms with Crippen LogP contribution in [0.25, 0.3) is 0 Å². The molecule has 88 valence electrons. The van der Waals surface area contributed by atoms with Gasteiger partial charge in [0.05, 0.1) is 6.20 Å². The van der Waals surface area contributed by atoms with Crippen LogP contribution in [0.3, 0.4) is 0 Å². The lowest BCUT2D eigenvalue weighted by atomic mass is 10.2. The van der Waals surface area contributed by atoms with Crippen LogP contribution in [0, 0.1) is 0 Å². The maximum absolute atomic E-state index is 11.8. The molecular weight excluding hydrogens is 218 g/mol. The normalized spacial score (nSPS) is 10.2. The second-order valence-corrected chi connectivity index (χ2v) is 3.64. The number of nitrogens with zero attached hydrogens (tertiary/aromatic N) is 3. The highest BCUT2D eigenvalue weighted by atomic mass is 16.2. The Balaban J connectivity index is 2.12. The van der Waals surface area contributed by atoms with E-state index in [2.05, 4.69) is 15.6 Å². The summed E-state index contributed by atoms with van der Waals surface area (Å²) in [4.78, 5) is 11.8. The topological polar surface area (TPSA) is 85.8 Å². The fourth-order valence-corrected chi connectivity index (χ4v) is 1.42. The Kier molecular flexibility index (Phi) is 3.15. The minimum atomic E-state index is -0.285. The standard InChI is InChI=1S/C11H13N5O/c1-16-7-10(14-15-16)11(17)13-9-4-2-3-8(5-9)6-12/h2-5,7H,6,12H2,1H3,(H,13,17). The predicted octanol–water partition coefficient (Wildman–Crippen LogP) is 0.526. The van der Waals surface area contributed by atoms with Gasteiger partial charge in [-0.1, -0.05) is 17.3 Å². The van der Waals surface area contributed by atoms with Gasteiger partial charge in [-0.25, -0.2) is 0 Å². The minimum absolute atomic E-state index is 0.283. The Morgan fingerprint density at radius 3 is 3.00 bits per heavy atom. The van der Waals surface area contributed by atoms with Gasteiger partial charge in [0.15, 0.2) is 5.69 Å². The van der Waals surface area contributed by atoms with E-state index < -0.39 is 0 Å². The van der Waals surface area contributed by atoms with E-state index in [0.29, 0.717) is 12.2 Å². The molecule has 6 nitrogen and oxygen atoms in total. The number of carbonyl (C=O) groups is 1. The molecule has 0 atom stereocenters. The number of nitrogens with one attached hydrogen (secondary N) is 1. The Morgan fingerprint density at radius 1 is 1.53 bits per heavy atom. The molecule has 0 aliphatic heterocycles. The summed E-state index contributed by atoms with van der Waals surface area (Å²) in [6.07, 6.45) is 1.56. The number of nitrogens with two attached hydrogens (primary N) is 1. The number of amides is 1. The summed E-state index contributed by atoms with van der Waals surface area (Å²) in [5, 5.41) is 10.2. The molecular formula is C11H13N5O. The van der Waals surface area contributed by atoms with Gasteiger partial charge >= 0.3 is 0 Å². The van der Waals surface area contributed by atoms with Crippen molar-refractivity contribution in [3.8, 4) is 0 Å². The first kappa shape index (κ1) is 11.3. The predicted molar refractivity (Wildman–Crippen MR) is 63.3 cm³/mol. The highest BCUT2D eigenvalue weighted by Gasteiger charge is 2.09. The van der Waals surface area contributed by atoms with Gasteiger partial charge in [0.1, 0.15) is 0 Å². The number of hydrogen-bond donors (Lipinski definition) is 2. The number of carbonyl (C=O) groups excluding carboxylic acids is 1. The number of rotatable bonds is 3. The zero-order valence-electron chi connectivity index (χ0n) is 9.42. The van der Waals surface area contributed by atoms with E-state index in [0.717, 1.165) is 5.56 Å². The van der Waals surface area contributed by atoms with E-state index >= 15 is 0 Å². The third-order valence-corrected chi connectivity index (χ3v) is 2.26. The van der Waals surface area contributed by atoms with Crippen molar-refractivity contribution in [3.63, 3.8) is 0 Å². The summed E-state index contributed by atoms with van der Waals surface area (Å²) in [5.74, 6) is -0.285. The van der Waals surface area contributed by atoms with Gasteiger partial charge in [0.2, 0.25) is 0 Å². The van der Waals surface area contributed by atoms with Crippen molar-refractivity contribution in [1.82, 2.24) is 15.0 Å². The minimum Gasteiger partial charge on any atom is -0.326 e. The van der Waals surface area contributed by atoms with E-state index in [1.807, 2.05) is 18.2 Å². The van der Waals surface area contributed by atoms with Crippen molar-refractivity contribution < 1.29 is 4.79 Å². The van der Waals surface area contributed by atoms with Crippen LogP contribution in [-0.4, -0.2) is 20.9 Å². The molecule has 0 aliphatic carbocycles. The molecule has 0 unspecified atom stereocenters. The summed E-state index contributed by atoms with van der Waals surface area (Å²) >= 11 is 0. The van der Waals surface area contributed by atoms with E-state index in [-0.39, 0.29) is 11.6 Å². The average molecular weight is 231 g/mol. The maximum atomic E-state index is 11.8. The highest BCUT2D eigenvalue weighted by Crippen LogP contribution is 2.11. The zero-order chi connectivity index (χ0) is 12.3. The molecule has 0 aliphatic rings. The van der Waals surface area contributed by atoms with Crippen LogP contribution < -0.4 is 11.1 Å². The second-order valence-electron chi connectivity index (χ2n) is 3.64. The van der Waals surface area contributed by atoms with E-state index in [9.17, 15) is 4.79 Å². The average Bonchev–Trinajstić information content (AvgIpc) is 2.76. The van der Waals surface area contributed by atoms with Crippen LogP contribution in [0.4, 0.5) is 5.69 Å². The van der Waals surface area contributed by atoms with Crippen LogP contribution in [-0.2, 0) is 13.6 Å². The molecule has 1 heterocycles. The Hall–Kier alpha value is -2.21. The molecule has 2 aromatic rings. The first-order valence-corrected chi connectivity index (χ1v) is 5.15. The number of anilines is 1. The largest absolute Gasteiger partial charge is 0.326 e. The van der Waals surface area contributed by atoms with Crippen molar-refractivity contribution >= 4 is 11.6 Å².